The number of alkyl halides is 2. The minimum absolute atomic E-state index is 0.0712. The highest BCUT2D eigenvalue weighted by Crippen LogP contribution is 2.19. The highest BCUT2D eigenvalue weighted by Gasteiger charge is 1.95. The summed E-state index contributed by atoms with van der Waals surface area (Å²) in [6, 6.07) is 0. The van der Waals surface area contributed by atoms with Crippen molar-refractivity contribution in [2.24, 2.45) is 0 Å². The smallest absolute Gasteiger partial charge is 0.105 e. The summed E-state index contributed by atoms with van der Waals surface area (Å²) >= 11 is 10.6. The lowest BCUT2D eigenvalue weighted by Gasteiger charge is -1.90. The van der Waals surface area contributed by atoms with Crippen molar-refractivity contribution in [3.8, 4) is 0 Å². The Bertz CT molecular complexity index is 61.8. The maximum absolute atomic E-state index is 5.42. The molecule has 0 aliphatic rings. The van der Waals surface area contributed by atoms with Crippen molar-refractivity contribution in [3.63, 3.8) is 0 Å². The SMILES string of the molecule is C=C(I)C(Cl)Br. The van der Waals surface area contributed by atoms with E-state index >= 15 is 0 Å². The van der Waals surface area contributed by atoms with E-state index in [4.69, 9.17) is 11.6 Å². The van der Waals surface area contributed by atoms with E-state index in [1.54, 1.807) is 0 Å². The number of halogens is 3. The van der Waals surface area contributed by atoms with Crippen LogP contribution in [0.2, 0.25) is 0 Å². The molecule has 0 N–H and O–H groups in total. The van der Waals surface area contributed by atoms with Gasteiger partial charge in [0.25, 0.3) is 0 Å². The first-order chi connectivity index (χ1) is 2.64. The molecule has 1 atom stereocenters. The minimum atomic E-state index is -0.0712. The standard InChI is InChI=1S/C3H3BrClI/c1-2(6)3(4)5/h3H,1H2. The van der Waals surface area contributed by atoms with Gasteiger partial charge in [0, 0.05) is 3.58 Å². The molecular formula is C3H3BrClI. The topological polar surface area (TPSA) is 0 Å². The number of hydrogen-bond donors (Lipinski definition) is 0. The van der Waals surface area contributed by atoms with Gasteiger partial charge in [-0.2, -0.15) is 0 Å². The quantitative estimate of drug-likeness (QED) is 0.512. The fraction of sp³-hybridized carbons (Fsp3) is 0.333. The second-order valence-corrected chi connectivity index (χ2v) is 4.01. The molecule has 6 heavy (non-hydrogen) atoms. The number of hydrogen-bond acceptors (Lipinski definition) is 0. The van der Waals surface area contributed by atoms with Gasteiger partial charge in [-0.3, -0.25) is 0 Å². The molecule has 0 saturated carbocycles. The van der Waals surface area contributed by atoms with Crippen LogP contribution in [0, 0.1) is 0 Å². The summed E-state index contributed by atoms with van der Waals surface area (Å²) in [7, 11) is 0. The van der Waals surface area contributed by atoms with Gasteiger partial charge in [-0.15, -0.1) is 11.6 Å². The van der Waals surface area contributed by atoms with Crippen LogP contribution in [-0.4, -0.2) is 4.29 Å². The lowest BCUT2D eigenvalue weighted by molar-refractivity contribution is 1.68. The molecule has 0 fully saturated rings. The molecule has 0 aliphatic carbocycles. The Morgan fingerprint density at radius 1 is 2.00 bits per heavy atom. The zero-order valence-electron chi connectivity index (χ0n) is 2.92. The van der Waals surface area contributed by atoms with Crippen LogP contribution < -0.4 is 0 Å². The third-order valence-electron chi connectivity index (χ3n) is 0.237. The van der Waals surface area contributed by atoms with Crippen molar-refractivity contribution in [3.05, 3.63) is 10.2 Å². The van der Waals surface area contributed by atoms with Crippen molar-refractivity contribution in [2.75, 3.05) is 0 Å². The molecule has 0 aromatic heterocycles. The van der Waals surface area contributed by atoms with E-state index in [0.29, 0.717) is 0 Å². The van der Waals surface area contributed by atoms with Crippen LogP contribution in [0.15, 0.2) is 10.2 Å². The molecular weight excluding hydrogens is 278 g/mol. The molecule has 1 unspecified atom stereocenters. The van der Waals surface area contributed by atoms with Gasteiger partial charge < -0.3 is 0 Å². The van der Waals surface area contributed by atoms with E-state index in [-0.39, 0.29) is 4.29 Å². The molecule has 3 heteroatoms. The van der Waals surface area contributed by atoms with E-state index in [1.807, 2.05) is 0 Å². The average Bonchev–Trinajstić information content (AvgIpc) is 1.36. The van der Waals surface area contributed by atoms with Crippen molar-refractivity contribution < 1.29 is 0 Å². The predicted molar refractivity (Wildman–Crippen MR) is 41.7 cm³/mol. The van der Waals surface area contributed by atoms with Crippen LogP contribution >= 0.6 is 50.1 Å². The highest BCUT2D eigenvalue weighted by atomic mass is 127. The Morgan fingerprint density at radius 2 is 2.17 bits per heavy atom. The number of rotatable bonds is 1. The van der Waals surface area contributed by atoms with Gasteiger partial charge in [0.15, 0.2) is 0 Å². The van der Waals surface area contributed by atoms with Crippen LogP contribution in [-0.2, 0) is 0 Å². The third kappa shape index (κ3) is 3.43. The molecule has 0 aliphatic heterocycles. The Morgan fingerprint density at radius 3 is 2.17 bits per heavy atom. The first-order valence-corrected chi connectivity index (χ1v) is 3.70. The molecule has 0 aromatic rings. The second kappa shape index (κ2) is 3.27. The fourth-order valence-electron chi connectivity index (χ4n) is 0. The molecule has 0 aromatic carbocycles. The second-order valence-electron chi connectivity index (χ2n) is 0.748. The molecule has 0 nitrogen and oxygen atoms in total. The van der Waals surface area contributed by atoms with Crippen LogP contribution in [0.1, 0.15) is 0 Å². The van der Waals surface area contributed by atoms with Gasteiger partial charge in [0.2, 0.25) is 0 Å². The lowest BCUT2D eigenvalue weighted by atomic mass is 10.8. The summed E-state index contributed by atoms with van der Waals surface area (Å²) in [5.41, 5.74) is 0. The van der Waals surface area contributed by atoms with E-state index in [9.17, 15) is 0 Å². The lowest BCUT2D eigenvalue weighted by Crippen LogP contribution is -1.77. The molecule has 0 saturated heterocycles. The first kappa shape index (κ1) is 7.24. The van der Waals surface area contributed by atoms with E-state index in [2.05, 4.69) is 45.1 Å². The minimum Gasteiger partial charge on any atom is -0.105 e. The van der Waals surface area contributed by atoms with Gasteiger partial charge >= 0.3 is 0 Å². The molecule has 0 amide bonds. The van der Waals surface area contributed by atoms with Crippen LogP contribution in [0.3, 0.4) is 0 Å². The monoisotopic (exact) mass is 280 g/mol. The van der Waals surface area contributed by atoms with Crippen molar-refractivity contribution >= 4 is 50.1 Å². The van der Waals surface area contributed by atoms with E-state index in [0.717, 1.165) is 3.58 Å². The molecule has 0 bridgehead atoms. The molecule has 0 spiro atoms. The maximum Gasteiger partial charge on any atom is 0.118 e. The van der Waals surface area contributed by atoms with Gasteiger partial charge in [0.1, 0.15) is 4.29 Å². The fourth-order valence-corrected chi connectivity index (χ4v) is 0. The maximum atomic E-state index is 5.42. The Labute approximate surface area is 64.2 Å². The Kier molecular flexibility index (Phi) is 3.94. The third-order valence-corrected chi connectivity index (χ3v) is 2.90. The van der Waals surface area contributed by atoms with Gasteiger partial charge in [-0.1, -0.05) is 22.5 Å². The zero-order chi connectivity index (χ0) is 5.15. The van der Waals surface area contributed by atoms with E-state index in [1.165, 1.54) is 0 Å². The summed E-state index contributed by atoms with van der Waals surface area (Å²) in [4.78, 5) is 0. The summed E-state index contributed by atoms with van der Waals surface area (Å²) < 4.78 is 0.840. The van der Waals surface area contributed by atoms with Gasteiger partial charge in [0.05, 0.1) is 0 Å². The van der Waals surface area contributed by atoms with Crippen LogP contribution in [0.5, 0.6) is 0 Å². The first-order valence-electron chi connectivity index (χ1n) is 1.27. The molecule has 0 radical (unpaired) electrons. The normalized spacial score (nSPS) is 13.8. The summed E-state index contributed by atoms with van der Waals surface area (Å²) in [5, 5.41) is 0. The summed E-state index contributed by atoms with van der Waals surface area (Å²) in [6.07, 6.45) is 0. The van der Waals surface area contributed by atoms with Crippen LogP contribution in [0.25, 0.3) is 0 Å². The largest absolute Gasteiger partial charge is 0.118 e. The summed E-state index contributed by atoms with van der Waals surface area (Å²) in [6.45, 7) is 3.56. The van der Waals surface area contributed by atoms with E-state index < -0.39 is 0 Å². The Hall–Kier alpha value is 1.24. The Balaban J connectivity index is 3.26. The van der Waals surface area contributed by atoms with Crippen molar-refractivity contribution in [2.45, 2.75) is 4.29 Å². The van der Waals surface area contributed by atoms with Gasteiger partial charge in [-0.05, 0) is 22.6 Å². The zero-order valence-corrected chi connectivity index (χ0v) is 7.42. The average molecular weight is 281 g/mol. The highest BCUT2D eigenvalue weighted by molar-refractivity contribution is 14.1. The predicted octanol–water partition coefficient (Wildman–Crippen LogP) is 2.89. The van der Waals surface area contributed by atoms with Crippen molar-refractivity contribution in [1.82, 2.24) is 0 Å². The van der Waals surface area contributed by atoms with Crippen LogP contribution in [0.4, 0.5) is 0 Å². The molecule has 0 rings (SSSR count). The van der Waals surface area contributed by atoms with Gasteiger partial charge in [-0.25, -0.2) is 0 Å². The summed E-state index contributed by atoms with van der Waals surface area (Å²) in [5.74, 6) is 0. The molecule has 0 heterocycles. The molecule has 36 valence electrons. The van der Waals surface area contributed by atoms with Crippen molar-refractivity contribution in [1.29, 1.82) is 0 Å². The number of allylic oxidation sites excluding steroid dienone is 1.